The number of hydrogen-bond donors (Lipinski definition) is 0. The first kappa shape index (κ1) is 15.6. The van der Waals surface area contributed by atoms with Crippen molar-refractivity contribution in [1.82, 2.24) is 9.80 Å². The highest BCUT2D eigenvalue weighted by Crippen LogP contribution is 2.34. The van der Waals surface area contributed by atoms with E-state index < -0.39 is 0 Å². The summed E-state index contributed by atoms with van der Waals surface area (Å²) in [5.41, 5.74) is 1.55. The van der Waals surface area contributed by atoms with Crippen LogP contribution in [0.1, 0.15) is 41.4 Å². The third kappa shape index (κ3) is 2.20. The molecule has 0 saturated heterocycles. The van der Waals surface area contributed by atoms with Crippen LogP contribution in [-0.2, 0) is 0 Å². The lowest BCUT2D eigenvalue weighted by molar-refractivity contribution is 0.0677. The first-order valence-corrected chi connectivity index (χ1v) is 8.31. The number of amides is 4. The lowest BCUT2D eigenvalue weighted by Crippen LogP contribution is -2.24. The quantitative estimate of drug-likeness (QED) is 0.775. The molecule has 0 aliphatic carbocycles. The zero-order valence-corrected chi connectivity index (χ0v) is 14.2. The second-order valence-electron chi connectivity index (χ2n) is 5.86. The van der Waals surface area contributed by atoms with E-state index in [-0.39, 0.29) is 23.6 Å². The molecule has 2 aromatic rings. The number of fused-ring (bicyclic) bond motifs is 2. The standard InChI is InChI=1S/C18H12N2O4S/c1-19-15(21)11-5-3-9(7-13(11)17(19)23)25-10-4-6-12-14(8-10)18(24)20(2)16(12)22/h3-8H,1-2H3. The van der Waals surface area contributed by atoms with Gasteiger partial charge in [-0.15, -0.1) is 0 Å². The fourth-order valence-corrected chi connectivity index (χ4v) is 3.84. The van der Waals surface area contributed by atoms with Crippen molar-refractivity contribution < 1.29 is 19.2 Å². The van der Waals surface area contributed by atoms with Crippen LogP contribution in [0.25, 0.3) is 0 Å². The zero-order chi connectivity index (χ0) is 17.9. The summed E-state index contributed by atoms with van der Waals surface area (Å²) in [5.74, 6) is -1.25. The predicted octanol–water partition coefficient (Wildman–Crippen LogP) is 2.29. The van der Waals surface area contributed by atoms with Gasteiger partial charge in [0.05, 0.1) is 22.3 Å². The Kier molecular flexibility index (Phi) is 3.30. The Hall–Kier alpha value is -2.93. The van der Waals surface area contributed by atoms with E-state index in [4.69, 9.17) is 0 Å². The first-order chi connectivity index (χ1) is 11.9. The van der Waals surface area contributed by atoms with Gasteiger partial charge < -0.3 is 0 Å². The van der Waals surface area contributed by atoms with Crippen molar-refractivity contribution in [2.75, 3.05) is 14.1 Å². The Balaban J connectivity index is 1.67. The largest absolute Gasteiger partial charge is 0.277 e. The van der Waals surface area contributed by atoms with Crippen LogP contribution in [0, 0.1) is 0 Å². The van der Waals surface area contributed by atoms with Gasteiger partial charge in [0.15, 0.2) is 0 Å². The van der Waals surface area contributed by atoms with Crippen molar-refractivity contribution >= 4 is 35.4 Å². The fraction of sp³-hybridized carbons (Fsp3) is 0.111. The minimum Gasteiger partial charge on any atom is -0.277 e. The normalized spacial score (nSPS) is 15.9. The summed E-state index contributed by atoms with van der Waals surface area (Å²) in [5, 5.41) is 0. The van der Waals surface area contributed by atoms with Gasteiger partial charge in [0, 0.05) is 23.9 Å². The van der Waals surface area contributed by atoms with Gasteiger partial charge >= 0.3 is 0 Å². The van der Waals surface area contributed by atoms with Gasteiger partial charge in [-0.3, -0.25) is 29.0 Å². The number of carbonyl (C=O) groups excluding carboxylic acids is 4. The third-order valence-corrected chi connectivity index (χ3v) is 5.34. The summed E-state index contributed by atoms with van der Waals surface area (Å²) in [6.45, 7) is 0. The van der Waals surface area contributed by atoms with Crippen LogP contribution < -0.4 is 0 Å². The summed E-state index contributed by atoms with van der Waals surface area (Å²) < 4.78 is 0. The molecular weight excluding hydrogens is 340 g/mol. The maximum atomic E-state index is 12.1. The molecule has 25 heavy (non-hydrogen) atoms. The van der Waals surface area contributed by atoms with E-state index in [9.17, 15) is 19.2 Å². The topological polar surface area (TPSA) is 74.8 Å². The predicted molar refractivity (Wildman–Crippen MR) is 89.9 cm³/mol. The zero-order valence-electron chi connectivity index (χ0n) is 13.4. The van der Waals surface area contributed by atoms with Crippen LogP contribution in [-0.4, -0.2) is 47.5 Å². The molecule has 4 rings (SSSR count). The van der Waals surface area contributed by atoms with E-state index >= 15 is 0 Å². The second-order valence-corrected chi connectivity index (χ2v) is 7.00. The van der Waals surface area contributed by atoms with Gasteiger partial charge in [-0.1, -0.05) is 11.8 Å². The van der Waals surface area contributed by atoms with E-state index in [0.717, 1.165) is 19.6 Å². The third-order valence-electron chi connectivity index (χ3n) is 4.36. The van der Waals surface area contributed by atoms with E-state index in [0.29, 0.717) is 22.3 Å². The van der Waals surface area contributed by atoms with E-state index in [2.05, 4.69) is 0 Å². The fourth-order valence-electron chi connectivity index (χ4n) is 2.94. The molecule has 0 spiro atoms. The molecule has 2 aromatic carbocycles. The smallest absolute Gasteiger partial charge is 0.261 e. The Morgan fingerprint density at radius 3 is 1.36 bits per heavy atom. The van der Waals surface area contributed by atoms with E-state index in [1.165, 1.54) is 25.9 Å². The lowest BCUT2D eigenvalue weighted by Gasteiger charge is -2.05. The molecular formula is C18H12N2O4S. The molecule has 0 unspecified atom stereocenters. The molecule has 0 bridgehead atoms. The van der Waals surface area contributed by atoms with Gasteiger partial charge in [0.25, 0.3) is 23.6 Å². The number of imide groups is 2. The number of nitrogens with zero attached hydrogens (tertiary/aromatic N) is 2. The van der Waals surface area contributed by atoms with Crippen LogP contribution in [0.15, 0.2) is 46.2 Å². The molecule has 4 amide bonds. The van der Waals surface area contributed by atoms with Crippen LogP contribution >= 0.6 is 11.8 Å². The molecule has 0 radical (unpaired) electrons. The van der Waals surface area contributed by atoms with Gasteiger partial charge in [-0.05, 0) is 36.4 Å². The van der Waals surface area contributed by atoms with Crippen LogP contribution in [0.5, 0.6) is 0 Å². The van der Waals surface area contributed by atoms with Gasteiger partial charge in [-0.25, -0.2) is 0 Å². The first-order valence-electron chi connectivity index (χ1n) is 7.49. The summed E-state index contributed by atoms with van der Waals surface area (Å²) in [6.07, 6.45) is 0. The highest BCUT2D eigenvalue weighted by Gasteiger charge is 2.34. The van der Waals surface area contributed by atoms with Crippen LogP contribution in [0.2, 0.25) is 0 Å². The Morgan fingerprint density at radius 2 is 0.960 bits per heavy atom. The van der Waals surface area contributed by atoms with Crippen molar-refractivity contribution in [2.24, 2.45) is 0 Å². The number of benzene rings is 2. The molecule has 0 fully saturated rings. The lowest BCUT2D eigenvalue weighted by atomic mass is 10.1. The van der Waals surface area contributed by atoms with Crippen molar-refractivity contribution in [2.45, 2.75) is 9.79 Å². The van der Waals surface area contributed by atoms with E-state index in [1.807, 2.05) is 0 Å². The molecule has 0 N–H and O–H groups in total. The maximum absolute atomic E-state index is 12.1. The average Bonchev–Trinajstić information content (AvgIpc) is 2.96. The molecule has 6 nitrogen and oxygen atoms in total. The summed E-state index contributed by atoms with van der Waals surface area (Å²) >= 11 is 1.36. The number of carbonyl (C=O) groups is 4. The average molecular weight is 352 g/mol. The molecule has 0 aromatic heterocycles. The van der Waals surface area contributed by atoms with Gasteiger partial charge in [-0.2, -0.15) is 0 Å². The van der Waals surface area contributed by atoms with Gasteiger partial charge in [0.1, 0.15) is 0 Å². The molecule has 7 heteroatoms. The Bertz CT molecular complexity index is 919. The van der Waals surface area contributed by atoms with Crippen molar-refractivity contribution in [1.29, 1.82) is 0 Å². The summed E-state index contributed by atoms with van der Waals surface area (Å²) in [7, 11) is 2.91. The van der Waals surface area contributed by atoms with Crippen LogP contribution in [0.3, 0.4) is 0 Å². The minimum atomic E-state index is -0.321. The molecule has 2 aliphatic rings. The summed E-state index contributed by atoms with van der Waals surface area (Å²) in [4.78, 5) is 51.8. The highest BCUT2D eigenvalue weighted by molar-refractivity contribution is 7.99. The molecule has 0 atom stereocenters. The van der Waals surface area contributed by atoms with E-state index in [1.54, 1.807) is 36.4 Å². The molecule has 124 valence electrons. The molecule has 2 aliphatic heterocycles. The van der Waals surface area contributed by atoms with Crippen molar-refractivity contribution in [3.8, 4) is 0 Å². The Morgan fingerprint density at radius 1 is 0.600 bits per heavy atom. The molecule has 2 heterocycles. The summed E-state index contributed by atoms with van der Waals surface area (Å²) in [6, 6.07) is 10.2. The number of rotatable bonds is 2. The Labute approximate surface area is 147 Å². The van der Waals surface area contributed by atoms with Crippen molar-refractivity contribution in [3.05, 3.63) is 58.7 Å². The number of hydrogen-bond acceptors (Lipinski definition) is 5. The SMILES string of the molecule is CN1C(=O)c2ccc(Sc3ccc4c(c3)C(=O)N(C)C4=O)cc2C1=O. The second kappa shape index (κ2) is 5.29. The molecule has 0 saturated carbocycles. The van der Waals surface area contributed by atoms with Gasteiger partial charge in [0.2, 0.25) is 0 Å². The van der Waals surface area contributed by atoms with Crippen LogP contribution in [0.4, 0.5) is 0 Å². The minimum absolute atomic E-state index is 0.304. The van der Waals surface area contributed by atoms with Crippen molar-refractivity contribution in [3.63, 3.8) is 0 Å². The maximum Gasteiger partial charge on any atom is 0.261 e. The monoisotopic (exact) mass is 352 g/mol. The highest BCUT2D eigenvalue weighted by atomic mass is 32.2.